The minimum Gasteiger partial charge on any atom is -0.477 e. The van der Waals surface area contributed by atoms with Gasteiger partial charge in [-0.15, -0.1) is 0 Å². The molecule has 2 saturated heterocycles. The van der Waals surface area contributed by atoms with Crippen molar-refractivity contribution in [3.63, 3.8) is 0 Å². The summed E-state index contributed by atoms with van der Waals surface area (Å²) < 4.78 is 0. The third-order valence-corrected chi connectivity index (χ3v) is 7.65. The van der Waals surface area contributed by atoms with Gasteiger partial charge in [0.05, 0.1) is 0 Å². The monoisotopic (exact) mass is 505 g/mol. The van der Waals surface area contributed by atoms with Gasteiger partial charge in [-0.1, -0.05) is 37.1 Å². The van der Waals surface area contributed by atoms with Crippen molar-refractivity contribution in [3.05, 3.63) is 54.2 Å². The first-order chi connectivity index (χ1) is 17.9. The van der Waals surface area contributed by atoms with Crippen LogP contribution in [0.3, 0.4) is 0 Å². The minimum atomic E-state index is -0.944. The molecule has 5 rings (SSSR count). The van der Waals surface area contributed by atoms with Crippen LogP contribution in [0, 0.1) is 0 Å². The number of rotatable bonds is 6. The Hall–Kier alpha value is -2.87. The summed E-state index contributed by atoms with van der Waals surface area (Å²) >= 11 is 0. The second-order valence-corrected chi connectivity index (χ2v) is 10.6. The van der Waals surface area contributed by atoms with E-state index in [2.05, 4.69) is 39.0 Å². The van der Waals surface area contributed by atoms with Crippen molar-refractivity contribution >= 4 is 22.6 Å². The first-order valence-corrected chi connectivity index (χ1v) is 13.7. The molecule has 0 atom stereocenters. The van der Waals surface area contributed by atoms with Crippen LogP contribution < -0.4 is 10.6 Å². The van der Waals surface area contributed by atoms with Crippen LogP contribution in [-0.4, -0.2) is 85.3 Å². The fraction of sp³-hybridized carbons (Fsp3) is 0.500. The number of aromatic amines is 1. The smallest absolute Gasteiger partial charge is 0.352 e. The number of carboxylic acids is 1. The van der Waals surface area contributed by atoms with E-state index in [1.165, 1.54) is 77.8 Å². The van der Waals surface area contributed by atoms with Crippen molar-refractivity contribution in [2.45, 2.75) is 44.6 Å². The Morgan fingerprint density at radius 1 is 0.946 bits per heavy atom. The number of nitrogens with zero attached hydrogens (tertiary/aromatic N) is 3. The molecule has 3 heterocycles. The molecule has 2 fully saturated rings. The van der Waals surface area contributed by atoms with Crippen molar-refractivity contribution in [2.75, 3.05) is 58.3 Å². The van der Waals surface area contributed by atoms with Crippen LogP contribution in [0.25, 0.3) is 22.0 Å². The van der Waals surface area contributed by atoms with E-state index in [1.807, 2.05) is 37.2 Å². The highest BCUT2D eigenvalue weighted by Crippen LogP contribution is 2.30. The maximum Gasteiger partial charge on any atom is 0.352 e. The van der Waals surface area contributed by atoms with Gasteiger partial charge in [-0.2, -0.15) is 0 Å². The van der Waals surface area contributed by atoms with E-state index in [9.17, 15) is 4.79 Å². The fourth-order valence-electron chi connectivity index (χ4n) is 5.28. The van der Waals surface area contributed by atoms with Crippen LogP contribution in [-0.2, 0) is 0 Å². The van der Waals surface area contributed by atoms with Crippen LogP contribution in [0.1, 0.15) is 49.0 Å². The molecule has 4 N–H and O–H groups in total. The van der Waals surface area contributed by atoms with Gasteiger partial charge >= 0.3 is 5.97 Å². The van der Waals surface area contributed by atoms with Gasteiger partial charge in [0.25, 0.3) is 0 Å². The number of hydrogen-bond acceptors (Lipinski definition) is 5. The number of hydrogen-bond donors (Lipinski definition) is 3. The molecule has 0 unspecified atom stereocenters. The van der Waals surface area contributed by atoms with Gasteiger partial charge in [0.1, 0.15) is 5.69 Å². The molecule has 0 aliphatic carbocycles. The molecule has 1 aromatic heterocycles. The van der Waals surface area contributed by atoms with Crippen molar-refractivity contribution in [1.82, 2.24) is 14.8 Å². The largest absolute Gasteiger partial charge is 0.477 e. The molecule has 0 amide bonds. The van der Waals surface area contributed by atoms with E-state index in [4.69, 9.17) is 10.8 Å². The lowest BCUT2D eigenvalue weighted by molar-refractivity contribution is 0.0691. The van der Waals surface area contributed by atoms with E-state index in [-0.39, 0.29) is 5.69 Å². The molecule has 7 heteroatoms. The first kappa shape index (κ1) is 27.2. The summed E-state index contributed by atoms with van der Waals surface area (Å²) in [5.41, 5.74) is 10.2. The van der Waals surface area contributed by atoms with Gasteiger partial charge in [0.15, 0.2) is 0 Å². The number of benzene rings is 2. The van der Waals surface area contributed by atoms with Crippen LogP contribution in [0.2, 0.25) is 0 Å². The second-order valence-electron chi connectivity index (χ2n) is 10.6. The van der Waals surface area contributed by atoms with Gasteiger partial charge in [-0.05, 0) is 87.3 Å². The number of fused-ring (bicyclic) bond motifs is 1. The predicted molar refractivity (Wildman–Crippen MR) is 154 cm³/mol. The van der Waals surface area contributed by atoms with E-state index in [0.29, 0.717) is 6.04 Å². The summed E-state index contributed by atoms with van der Waals surface area (Å²) in [4.78, 5) is 21.3. The normalized spacial score (nSPS) is 17.7. The van der Waals surface area contributed by atoms with E-state index < -0.39 is 5.97 Å². The summed E-state index contributed by atoms with van der Waals surface area (Å²) in [6, 6.07) is 16.2. The number of anilines is 1. The Labute approximate surface area is 221 Å². The molecule has 37 heavy (non-hydrogen) atoms. The zero-order valence-electron chi connectivity index (χ0n) is 22.5. The number of aromatic nitrogens is 1. The second kappa shape index (κ2) is 13.1. The highest BCUT2D eigenvalue weighted by atomic mass is 16.4. The van der Waals surface area contributed by atoms with Crippen LogP contribution in [0.15, 0.2) is 48.5 Å². The topological polar surface area (TPSA) is 88.8 Å². The number of aromatic carboxylic acids is 1. The van der Waals surface area contributed by atoms with Gasteiger partial charge in [-0.25, -0.2) is 4.79 Å². The number of nitrogens with two attached hydrogens (primary N) is 1. The Morgan fingerprint density at radius 3 is 2.16 bits per heavy atom. The van der Waals surface area contributed by atoms with Crippen LogP contribution in [0.4, 0.5) is 5.69 Å². The standard InChI is InChI=1S/C17H16N2O2.C13H27N3/c1-19(2)12-8-6-11(7-9-12)13-4-3-5-15-14(13)10-16(18-15)17(20)21;14-13-5-9-16(10-6-13)12-11-15-7-3-1-2-4-8-15/h3-10,18H,1-2H3,(H,20,21);13H,1-12,14H2. The number of nitrogens with one attached hydrogen (secondary N) is 1. The highest BCUT2D eigenvalue weighted by molar-refractivity contribution is 6.00. The summed E-state index contributed by atoms with van der Waals surface area (Å²) in [7, 11) is 4.00. The van der Waals surface area contributed by atoms with Gasteiger partial charge < -0.3 is 30.5 Å². The van der Waals surface area contributed by atoms with E-state index in [0.717, 1.165) is 27.7 Å². The number of carbonyl (C=O) groups is 1. The third kappa shape index (κ3) is 7.57. The molecule has 3 aromatic rings. The van der Waals surface area contributed by atoms with Gasteiger partial charge in [0.2, 0.25) is 0 Å². The quantitative estimate of drug-likeness (QED) is 0.442. The SMILES string of the molecule is CN(C)c1ccc(-c2cccc3[nH]c(C(=O)O)cc23)cc1.NC1CCN(CCN2CCCCCC2)CC1. The zero-order chi connectivity index (χ0) is 26.2. The summed E-state index contributed by atoms with van der Waals surface area (Å²) in [5.74, 6) is -0.944. The van der Waals surface area contributed by atoms with Crippen molar-refractivity contribution in [2.24, 2.45) is 5.73 Å². The molecule has 2 aliphatic heterocycles. The van der Waals surface area contributed by atoms with Crippen molar-refractivity contribution in [3.8, 4) is 11.1 Å². The van der Waals surface area contributed by atoms with E-state index >= 15 is 0 Å². The number of likely N-dealkylation sites (tertiary alicyclic amines) is 2. The summed E-state index contributed by atoms with van der Waals surface area (Å²) in [6.07, 6.45) is 8.08. The Kier molecular flexibility index (Phi) is 9.61. The number of piperidine rings is 1. The number of H-pyrrole nitrogens is 1. The van der Waals surface area contributed by atoms with Crippen molar-refractivity contribution in [1.29, 1.82) is 0 Å². The molecule has 0 radical (unpaired) electrons. The summed E-state index contributed by atoms with van der Waals surface area (Å²) in [5, 5.41) is 10.0. The molecular weight excluding hydrogens is 462 g/mol. The number of carboxylic acid groups (broad SMARTS) is 1. The first-order valence-electron chi connectivity index (χ1n) is 13.7. The lowest BCUT2D eigenvalue weighted by atomic mass is 10.0. The average Bonchev–Trinajstić information content (AvgIpc) is 3.18. The van der Waals surface area contributed by atoms with Crippen LogP contribution >= 0.6 is 0 Å². The average molecular weight is 506 g/mol. The van der Waals surface area contributed by atoms with Crippen molar-refractivity contribution < 1.29 is 9.90 Å². The van der Waals surface area contributed by atoms with Gasteiger partial charge in [-0.3, -0.25) is 0 Å². The maximum absolute atomic E-state index is 11.1. The molecular formula is C30H43N5O2. The molecule has 7 nitrogen and oxygen atoms in total. The predicted octanol–water partition coefficient (Wildman–Crippen LogP) is 4.88. The van der Waals surface area contributed by atoms with Gasteiger partial charge in [0, 0.05) is 49.8 Å². The molecule has 200 valence electrons. The molecule has 0 saturated carbocycles. The minimum absolute atomic E-state index is 0.211. The van der Waals surface area contributed by atoms with E-state index in [1.54, 1.807) is 6.07 Å². The van der Waals surface area contributed by atoms with Crippen LogP contribution in [0.5, 0.6) is 0 Å². The lowest BCUT2D eigenvalue weighted by Gasteiger charge is -2.32. The summed E-state index contributed by atoms with van der Waals surface area (Å²) in [6.45, 7) is 7.62. The zero-order valence-corrected chi connectivity index (χ0v) is 22.5. The maximum atomic E-state index is 11.1. The third-order valence-electron chi connectivity index (χ3n) is 7.65. The Morgan fingerprint density at radius 2 is 1.57 bits per heavy atom. The molecule has 0 bridgehead atoms. The molecule has 2 aliphatic rings. The molecule has 0 spiro atoms. The highest BCUT2D eigenvalue weighted by Gasteiger charge is 2.17. The molecule has 2 aromatic carbocycles. The Balaban J connectivity index is 0.000000180. The fourth-order valence-corrected chi connectivity index (χ4v) is 5.28. The Bertz CT molecular complexity index is 1120. The lowest BCUT2D eigenvalue weighted by Crippen LogP contribution is -2.43.